The van der Waals surface area contributed by atoms with Crippen molar-refractivity contribution >= 4 is 11.5 Å². The van der Waals surface area contributed by atoms with Crippen LogP contribution in [0, 0.1) is 0 Å². The number of carbonyl (C=O) groups excluding carboxylic acids is 1. The van der Waals surface area contributed by atoms with Crippen LogP contribution in [0.5, 0.6) is 0 Å². The summed E-state index contributed by atoms with van der Waals surface area (Å²) in [6, 6.07) is 7.55. The van der Waals surface area contributed by atoms with E-state index in [-0.39, 0.29) is 5.78 Å². The van der Waals surface area contributed by atoms with Gasteiger partial charge in [-0.2, -0.15) is 0 Å². The van der Waals surface area contributed by atoms with Gasteiger partial charge in [-0.05, 0) is 17.7 Å². The largest absolute Gasteiger partial charge is 0.381 e. The molecular formula is C14H19NO3. The lowest BCUT2D eigenvalue weighted by atomic mass is 10.0. The molecule has 98 valence electrons. The maximum absolute atomic E-state index is 11.4. The summed E-state index contributed by atoms with van der Waals surface area (Å²) in [5.74, 6) is -0.144. The van der Waals surface area contributed by atoms with E-state index in [1.165, 1.54) is 0 Å². The van der Waals surface area contributed by atoms with E-state index >= 15 is 0 Å². The summed E-state index contributed by atoms with van der Waals surface area (Å²) in [4.78, 5) is 13.7. The van der Waals surface area contributed by atoms with Crippen molar-refractivity contribution in [2.45, 2.75) is 19.4 Å². The SMILES string of the molecule is CCC(=O)C(O)c1ccc(N2CCOCC2)cc1. The summed E-state index contributed by atoms with van der Waals surface area (Å²) >= 11 is 0. The van der Waals surface area contributed by atoms with Gasteiger partial charge >= 0.3 is 0 Å². The average molecular weight is 249 g/mol. The van der Waals surface area contributed by atoms with Gasteiger partial charge in [0.2, 0.25) is 0 Å². The highest BCUT2D eigenvalue weighted by Gasteiger charge is 2.16. The first kappa shape index (κ1) is 13.1. The number of rotatable bonds is 4. The minimum absolute atomic E-state index is 0.144. The van der Waals surface area contributed by atoms with Gasteiger partial charge in [0.15, 0.2) is 5.78 Å². The summed E-state index contributed by atoms with van der Waals surface area (Å²) in [6.45, 7) is 5.02. The lowest BCUT2D eigenvalue weighted by molar-refractivity contribution is -0.127. The fourth-order valence-electron chi connectivity index (χ4n) is 2.07. The van der Waals surface area contributed by atoms with Crippen LogP contribution in [0.25, 0.3) is 0 Å². The zero-order chi connectivity index (χ0) is 13.0. The van der Waals surface area contributed by atoms with Crippen molar-refractivity contribution in [1.29, 1.82) is 0 Å². The molecule has 0 spiro atoms. The van der Waals surface area contributed by atoms with Crippen molar-refractivity contribution in [3.63, 3.8) is 0 Å². The van der Waals surface area contributed by atoms with E-state index in [9.17, 15) is 9.90 Å². The van der Waals surface area contributed by atoms with E-state index in [1.54, 1.807) is 6.92 Å². The highest BCUT2D eigenvalue weighted by molar-refractivity contribution is 5.83. The quantitative estimate of drug-likeness (QED) is 0.879. The number of benzene rings is 1. The Hall–Kier alpha value is -1.39. The molecule has 2 rings (SSSR count). The van der Waals surface area contributed by atoms with E-state index in [1.807, 2.05) is 24.3 Å². The molecule has 0 aliphatic carbocycles. The van der Waals surface area contributed by atoms with Gasteiger partial charge in [0.05, 0.1) is 13.2 Å². The lowest BCUT2D eigenvalue weighted by Gasteiger charge is -2.29. The Morgan fingerprint density at radius 1 is 1.33 bits per heavy atom. The number of aliphatic hydroxyl groups is 1. The summed E-state index contributed by atoms with van der Waals surface area (Å²) in [5, 5.41) is 9.81. The fraction of sp³-hybridized carbons (Fsp3) is 0.500. The number of hydrogen-bond acceptors (Lipinski definition) is 4. The standard InChI is InChI=1S/C14H19NO3/c1-2-13(16)14(17)11-3-5-12(6-4-11)15-7-9-18-10-8-15/h3-6,14,17H,2,7-10H2,1H3. The number of aliphatic hydroxyl groups excluding tert-OH is 1. The molecule has 1 aromatic rings. The Morgan fingerprint density at radius 2 is 1.94 bits per heavy atom. The molecule has 1 fully saturated rings. The molecule has 18 heavy (non-hydrogen) atoms. The van der Waals surface area contributed by atoms with Crippen molar-refractivity contribution in [3.8, 4) is 0 Å². The van der Waals surface area contributed by atoms with Gasteiger partial charge < -0.3 is 14.7 Å². The topological polar surface area (TPSA) is 49.8 Å². The number of hydrogen-bond donors (Lipinski definition) is 1. The maximum Gasteiger partial charge on any atom is 0.165 e. The molecule has 1 aromatic carbocycles. The summed E-state index contributed by atoms with van der Waals surface area (Å²) < 4.78 is 5.30. The number of ether oxygens (including phenoxy) is 1. The molecule has 1 saturated heterocycles. The third kappa shape index (κ3) is 2.89. The highest BCUT2D eigenvalue weighted by Crippen LogP contribution is 2.21. The minimum atomic E-state index is -0.992. The minimum Gasteiger partial charge on any atom is -0.381 e. The molecule has 1 atom stereocenters. The number of ketones is 1. The zero-order valence-corrected chi connectivity index (χ0v) is 10.6. The van der Waals surface area contributed by atoms with Crippen LogP contribution >= 0.6 is 0 Å². The second-order valence-corrected chi connectivity index (χ2v) is 4.41. The molecule has 0 bridgehead atoms. The molecule has 4 nitrogen and oxygen atoms in total. The van der Waals surface area contributed by atoms with Crippen LogP contribution in [0.1, 0.15) is 25.0 Å². The molecule has 1 unspecified atom stereocenters. The predicted molar refractivity (Wildman–Crippen MR) is 69.7 cm³/mol. The monoisotopic (exact) mass is 249 g/mol. The Bertz CT molecular complexity index is 396. The van der Waals surface area contributed by atoms with Crippen LogP contribution in [0.15, 0.2) is 24.3 Å². The van der Waals surface area contributed by atoms with Crippen LogP contribution in [0.4, 0.5) is 5.69 Å². The van der Waals surface area contributed by atoms with Crippen LogP contribution in [0.3, 0.4) is 0 Å². The van der Waals surface area contributed by atoms with Gasteiger partial charge in [0, 0.05) is 25.2 Å². The maximum atomic E-state index is 11.4. The zero-order valence-electron chi connectivity index (χ0n) is 10.6. The molecule has 4 heteroatoms. The van der Waals surface area contributed by atoms with Crippen molar-refractivity contribution in [2.75, 3.05) is 31.2 Å². The van der Waals surface area contributed by atoms with Gasteiger partial charge in [-0.15, -0.1) is 0 Å². The van der Waals surface area contributed by atoms with E-state index in [4.69, 9.17) is 4.74 Å². The van der Waals surface area contributed by atoms with Gasteiger partial charge in [-0.1, -0.05) is 19.1 Å². The third-order valence-electron chi connectivity index (χ3n) is 3.24. The molecule has 1 aliphatic heterocycles. The molecule has 0 aromatic heterocycles. The summed E-state index contributed by atoms with van der Waals surface area (Å²) in [6.07, 6.45) is -0.638. The van der Waals surface area contributed by atoms with Crippen molar-refractivity contribution in [2.24, 2.45) is 0 Å². The van der Waals surface area contributed by atoms with Gasteiger partial charge in [0.1, 0.15) is 6.10 Å². The van der Waals surface area contributed by atoms with Crippen LogP contribution < -0.4 is 4.90 Å². The number of Topliss-reactive ketones (excluding diaryl/α,β-unsaturated/α-hetero) is 1. The summed E-state index contributed by atoms with van der Waals surface area (Å²) in [5.41, 5.74) is 1.78. The first-order chi connectivity index (χ1) is 8.72. The normalized spacial score (nSPS) is 17.6. The predicted octanol–water partition coefficient (Wildman–Crippen LogP) is 1.54. The highest BCUT2D eigenvalue weighted by atomic mass is 16.5. The Morgan fingerprint density at radius 3 is 2.50 bits per heavy atom. The first-order valence-electron chi connectivity index (χ1n) is 6.36. The van der Waals surface area contributed by atoms with E-state index in [0.717, 1.165) is 32.0 Å². The van der Waals surface area contributed by atoms with Crippen molar-refractivity contribution < 1.29 is 14.6 Å². The van der Waals surface area contributed by atoms with Crippen molar-refractivity contribution in [1.82, 2.24) is 0 Å². The van der Waals surface area contributed by atoms with Crippen molar-refractivity contribution in [3.05, 3.63) is 29.8 Å². The van der Waals surface area contributed by atoms with Crippen LogP contribution in [-0.4, -0.2) is 37.2 Å². The number of anilines is 1. The van der Waals surface area contributed by atoms with E-state index in [0.29, 0.717) is 12.0 Å². The molecular weight excluding hydrogens is 230 g/mol. The number of nitrogens with zero attached hydrogens (tertiary/aromatic N) is 1. The first-order valence-corrected chi connectivity index (χ1v) is 6.36. The average Bonchev–Trinajstić information content (AvgIpc) is 2.47. The van der Waals surface area contributed by atoms with Gasteiger partial charge in [0.25, 0.3) is 0 Å². The van der Waals surface area contributed by atoms with Gasteiger partial charge in [-0.25, -0.2) is 0 Å². The van der Waals surface area contributed by atoms with Crippen LogP contribution in [0.2, 0.25) is 0 Å². The Labute approximate surface area is 107 Å². The second kappa shape index (κ2) is 5.98. The second-order valence-electron chi connectivity index (χ2n) is 4.41. The van der Waals surface area contributed by atoms with Gasteiger partial charge in [-0.3, -0.25) is 4.79 Å². The fourth-order valence-corrected chi connectivity index (χ4v) is 2.07. The molecule has 1 heterocycles. The lowest BCUT2D eigenvalue weighted by Crippen LogP contribution is -2.36. The van der Waals surface area contributed by atoms with Crippen LogP contribution in [-0.2, 0) is 9.53 Å². The molecule has 0 radical (unpaired) electrons. The molecule has 0 amide bonds. The Kier molecular flexibility index (Phi) is 4.33. The van der Waals surface area contributed by atoms with E-state index < -0.39 is 6.10 Å². The smallest absolute Gasteiger partial charge is 0.165 e. The number of morpholine rings is 1. The van der Waals surface area contributed by atoms with E-state index in [2.05, 4.69) is 4.90 Å². The molecule has 0 saturated carbocycles. The molecule has 1 N–H and O–H groups in total. The summed E-state index contributed by atoms with van der Waals surface area (Å²) in [7, 11) is 0. The Balaban J connectivity index is 2.07. The third-order valence-corrected chi connectivity index (χ3v) is 3.24. The number of carbonyl (C=O) groups is 1. The molecule has 1 aliphatic rings.